The molecule has 1 heterocycles. The van der Waals surface area contributed by atoms with Gasteiger partial charge in [-0.15, -0.1) is 0 Å². The number of esters is 1. The highest BCUT2D eigenvalue weighted by atomic mass is 16.5. The zero-order valence-electron chi connectivity index (χ0n) is 9.52. The molecule has 86 valence electrons. The fourth-order valence-electron chi connectivity index (χ4n) is 1.82. The topological polar surface area (TPSA) is 49.9 Å². The Morgan fingerprint density at radius 2 is 2.33 bits per heavy atom. The lowest BCUT2D eigenvalue weighted by Crippen LogP contribution is -2.43. The van der Waals surface area contributed by atoms with Gasteiger partial charge in [-0.1, -0.05) is 6.92 Å². The third-order valence-corrected chi connectivity index (χ3v) is 2.81. The summed E-state index contributed by atoms with van der Waals surface area (Å²) in [7, 11) is 3.15. The highest BCUT2D eigenvalue weighted by Crippen LogP contribution is 2.15. The Hall–Kier alpha value is -1.10. The molecule has 1 fully saturated rings. The largest absolute Gasteiger partial charge is 0.468 e. The summed E-state index contributed by atoms with van der Waals surface area (Å²) in [4.78, 5) is 26.4. The van der Waals surface area contributed by atoms with Crippen molar-refractivity contribution in [2.45, 2.75) is 19.4 Å². The Balaban J connectivity index is 2.59. The fourth-order valence-corrected chi connectivity index (χ4v) is 1.82. The molecule has 1 atom stereocenters. The summed E-state index contributed by atoms with van der Waals surface area (Å²) in [6.45, 7) is 3.58. The molecule has 0 aliphatic carbocycles. The minimum absolute atomic E-state index is 0.0979. The summed E-state index contributed by atoms with van der Waals surface area (Å²) in [5.74, 6) is -0.194. The number of carbonyl (C=O) groups excluding carboxylic acids is 2. The number of methoxy groups -OCH3 is 1. The second kappa shape index (κ2) is 5.11. The molecule has 1 rings (SSSR count). The van der Waals surface area contributed by atoms with Crippen LogP contribution in [0.2, 0.25) is 0 Å². The molecule has 0 aromatic carbocycles. The zero-order chi connectivity index (χ0) is 11.4. The number of amides is 1. The Labute approximate surface area is 90.0 Å². The third-order valence-electron chi connectivity index (χ3n) is 2.81. The molecule has 5 heteroatoms. The van der Waals surface area contributed by atoms with Crippen LogP contribution in [-0.4, -0.2) is 61.5 Å². The number of rotatable bonds is 4. The summed E-state index contributed by atoms with van der Waals surface area (Å²) in [5, 5.41) is 0. The van der Waals surface area contributed by atoms with Crippen molar-refractivity contribution in [1.82, 2.24) is 9.80 Å². The summed E-state index contributed by atoms with van der Waals surface area (Å²) < 4.78 is 4.60. The summed E-state index contributed by atoms with van der Waals surface area (Å²) in [6, 6.07) is -0.154. The number of ether oxygens (including phenoxy) is 1. The van der Waals surface area contributed by atoms with Crippen molar-refractivity contribution < 1.29 is 14.3 Å². The third kappa shape index (κ3) is 2.68. The Morgan fingerprint density at radius 3 is 2.73 bits per heavy atom. The van der Waals surface area contributed by atoms with Crippen LogP contribution < -0.4 is 0 Å². The molecule has 1 unspecified atom stereocenters. The molecule has 1 saturated heterocycles. The van der Waals surface area contributed by atoms with Crippen molar-refractivity contribution in [3.05, 3.63) is 0 Å². The Bertz CT molecular complexity index is 255. The highest BCUT2D eigenvalue weighted by Gasteiger charge is 2.34. The van der Waals surface area contributed by atoms with Crippen LogP contribution in [0.25, 0.3) is 0 Å². The fraction of sp³-hybridized carbons (Fsp3) is 0.800. The van der Waals surface area contributed by atoms with Crippen molar-refractivity contribution in [1.29, 1.82) is 0 Å². The lowest BCUT2D eigenvalue weighted by Gasteiger charge is -2.24. The first-order chi connectivity index (χ1) is 7.10. The van der Waals surface area contributed by atoms with Crippen molar-refractivity contribution in [3.8, 4) is 0 Å². The van der Waals surface area contributed by atoms with E-state index in [9.17, 15) is 9.59 Å². The summed E-state index contributed by atoms with van der Waals surface area (Å²) >= 11 is 0. The number of likely N-dealkylation sites (tertiary alicyclic amines) is 1. The molecule has 15 heavy (non-hydrogen) atoms. The van der Waals surface area contributed by atoms with E-state index in [0.29, 0.717) is 6.54 Å². The lowest BCUT2D eigenvalue weighted by atomic mass is 10.2. The number of carbonyl (C=O) groups is 2. The van der Waals surface area contributed by atoms with Gasteiger partial charge in [-0.3, -0.25) is 14.5 Å². The van der Waals surface area contributed by atoms with Crippen LogP contribution in [0.3, 0.4) is 0 Å². The van der Waals surface area contributed by atoms with E-state index in [4.69, 9.17) is 0 Å². The van der Waals surface area contributed by atoms with Gasteiger partial charge in [-0.05, 0) is 13.0 Å². The van der Waals surface area contributed by atoms with E-state index in [1.807, 2.05) is 11.8 Å². The van der Waals surface area contributed by atoms with Gasteiger partial charge in [0, 0.05) is 13.6 Å². The second-order valence-electron chi connectivity index (χ2n) is 3.70. The molecule has 0 spiro atoms. The van der Waals surface area contributed by atoms with Gasteiger partial charge < -0.3 is 9.64 Å². The maximum absolute atomic E-state index is 11.7. The number of likely N-dealkylation sites (N-methyl/N-ethyl adjacent to an activating group) is 2. The summed E-state index contributed by atoms with van der Waals surface area (Å²) in [6.07, 6.45) is 0.792. The van der Waals surface area contributed by atoms with Crippen LogP contribution in [-0.2, 0) is 14.3 Å². The van der Waals surface area contributed by atoms with Gasteiger partial charge >= 0.3 is 5.97 Å². The van der Waals surface area contributed by atoms with Gasteiger partial charge in [0.2, 0.25) is 5.91 Å². The summed E-state index contributed by atoms with van der Waals surface area (Å²) in [5.41, 5.74) is 0. The molecule has 1 aliphatic rings. The van der Waals surface area contributed by atoms with Crippen molar-refractivity contribution in [3.63, 3.8) is 0 Å². The standard InChI is InChI=1S/C10H18N2O3/c1-4-12(7-9(13)15-3)8-5-6-11(2)10(8)14/h8H,4-7H2,1-3H3. The van der Waals surface area contributed by atoms with Crippen LogP contribution in [0, 0.1) is 0 Å². The van der Waals surface area contributed by atoms with Gasteiger partial charge in [-0.2, -0.15) is 0 Å². The number of hydrogen-bond donors (Lipinski definition) is 0. The molecular weight excluding hydrogens is 196 g/mol. The average molecular weight is 214 g/mol. The van der Waals surface area contributed by atoms with Crippen LogP contribution >= 0.6 is 0 Å². The van der Waals surface area contributed by atoms with Crippen molar-refractivity contribution in [2.75, 3.05) is 33.8 Å². The molecule has 0 aromatic heterocycles. The zero-order valence-corrected chi connectivity index (χ0v) is 9.52. The normalized spacial score (nSPS) is 21.2. The van der Waals surface area contributed by atoms with E-state index < -0.39 is 0 Å². The molecule has 0 bridgehead atoms. The smallest absolute Gasteiger partial charge is 0.319 e. The number of nitrogens with zero attached hydrogens (tertiary/aromatic N) is 2. The van der Waals surface area contributed by atoms with Crippen LogP contribution in [0.4, 0.5) is 0 Å². The molecule has 0 aromatic rings. The first-order valence-electron chi connectivity index (χ1n) is 5.16. The number of hydrogen-bond acceptors (Lipinski definition) is 4. The highest BCUT2D eigenvalue weighted by molar-refractivity contribution is 5.84. The Morgan fingerprint density at radius 1 is 1.67 bits per heavy atom. The van der Waals surface area contributed by atoms with E-state index in [1.54, 1.807) is 11.9 Å². The van der Waals surface area contributed by atoms with Crippen LogP contribution in [0.1, 0.15) is 13.3 Å². The van der Waals surface area contributed by atoms with Gasteiger partial charge in [0.1, 0.15) is 0 Å². The molecule has 1 amide bonds. The average Bonchev–Trinajstić information content (AvgIpc) is 2.56. The van der Waals surface area contributed by atoms with E-state index in [2.05, 4.69) is 4.74 Å². The van der Waals surface area contributed by atoms with E-state index in [0.717, 1.165) is 13.0 Å². The first kappa shape index (κ1) is 12.0. The maximum atomic E-state index is 11.7. The van der Waals surface area contributed by atoms with Crippen molar-refractivity contribution >= 4 is 11.9 Å². The van der Waals surface area contributed by atoms with Crippen molar-refractivity contribution in [2.24, 2.45) is 0 Å². The SMILES string of the molecule is CCN(CC(=O)OC)C1CCN(C)C1=O. The quantitative estimate of drug-likeness (QED) is 0.604. The van der Waals surface area contributed by atoms with Gasteiger partial charge in [0.25, 0.3) is 0 Å². The predicted octanol–water partition coefficient (Wildman–Crippen LogP) is -0.288. The molecule has 0 radical (unpaired) electrons. The van der Waals surface area contributed by atoms with E-state index in [-0.39, 0.29) is 24.5 Å². The van der Waals surface area contributed by atoms with Crippen LogP contribution in [0.15, 0.2) is 0 Å². The monoisotopic (exact) mass is 214 g/mol. The molecule has 0 N–H and O–H groups in total. The lowest BCUT2D eigenvalue weighted by molar-refractivity contribution is -0.143. The van der Waals surface area contributed by atoms with Gasteiger partial charge in [0.15, 0.2) is 0 Å². The minimum atomic E-state index is -0.292. The second-order valence-corrected chi connectivity index (χ2v) is 3.70. The van der Waals surface area contributed by atoms with E-state index in [1.165, 1.54) is 7.11 Å². The predicted molar refractivity (Wildman–Crippen MR) is 55.3 cm³/mol. The Kier molecular flexibility index (Phi) is 4.08. The maximum Gasteiger partial charge on any atom is 0.319 e. The minimum Gasteiger partial charge on any atom is -0.468 e. The molecule has 5 nitrogen and oxygen atoms in total. The van der Waals surface area contributed by atoms with Crippen LogP contribution in [0.5, 0.6) is 0 Å². The molecule has 0 saturated carbocycles. The molecular formula is C10H18N2O3. The van der Waals surface area contributed by atoms with E-state index >= 15 is 0 Å². The molecule has 1 aliphatic heterocycles. The van der Waals surface area contributed by atoms with Gasteiger partial charge in [0.05, 0.1) is 19.7 Å². The van der Waals surface area contributed by atoms with Gasteiger partial charge in [-0.25, -0.2) is 0 Å². The first-order valence-corrected chi connectivity index (χ1v) is 5.16.